The summed E-state index contributed by atoms with van der Waals surface area (Å²) in [5.74, 6) is -0.188. The molecular formula is C15H16BrFN2. The van der Waals surface area contributed by atoms with Crippen molar-refractivity contribution in [2.45, 2.75) is 19.9 Å². The van der Waals surface area contributed by atoms with E-state index in [4.69, 9.17) is 0 Å². The Hall–Kier alpha value is -1.26. The van der Waals surface area contributed by atoms with E-state index in [0.717, 1.165) is 22.3 Å². The monoisotopic (exact) mass is 322 g/mol. The zero-order valence-corrected chi connectivity index (χ0v) is 12.5. The van der Waals surface area contributed by atoms with Crippen LogP contribution in [0.1, 0.15) is 29.8 Å². The zero-order valence-electron chi connectivity index (χ0n) is 11.0. The average Bonchev–Trinajstić information content (AvgIpc) is 2.40. The maximum atomic E-state index is 13.7. The van der Waals surface area contributed by atoms with Crippen molar-refractivity contribution >= 4 is 15.9 Å². The van der Waals surface area contributed by atoms with Crippen LogP contribution in [0.2, 0.25) is 0 Å². The largest absolute Gasteiger partial charge is 0.305 e. The predicted molar refractivity (Wildman–Crippen MR) is 78.6 cm³/mol. The molecule has 1 aromatic heterocycles. The third kappa shape index (κ3) is 3.19. The highest BCUT2D eigenvalue weighted by atomic mass is 79.9. The van der Waals surface area contributed by atoms with E-state index in [1.165, 1.54) is 0 Å². The van der Waals surface area contributed by atoms with Gasteiger partial charge in [-0.1, -0.05) is 19.1 Å². The second kappa shape index (κ2) is 6.26. The fourth-order valence-electron chi connectivity index (χ4n) is 1.98. The Kier molecular flexibility index (Phi) is 4.66. The van der Waals surface area contributed by atoms with Gasteiger partial charge < -0.3 is 5.32 Å². The maximum Gasteiger partial charge on any atom is 0.126 e. The summed E-state index contributed by atoms with van der Waals surface area (Å²) in [7, 11) is 0. The van der Waals surface area contributed by atoms with E-state index in [9.17, 15) is 4.39 Å². The smallest absolute Gasteiger partial charge is 0.126 e. The van der Waals surface area contributed by atoms with Gasteiger partial charge in [-0.05, 0) is 58.7 Å². The summed E-state index contributed by atoms with van der Waals surface area (Å²) < 4.78 is 14.7. The topological polar surface area (TPSA) is 24.9 Å². The first-order valence-corrected chi connectivity index (χ1v) is 7.02. The number of benzene rings is 1. The normalized spacial score (nSPS) is 12.4. The summed E-state index contributed by atoms with van der Waals surface area (Å²) in [4.78, 5) is 4.39. The quantitative estimate of drug-likeness (QED) is 0.920. The molecule has 0 saturated heterocycles. The van der Waals surface area contributed by atoms with Crippen LogP contribution in [0.15, 0.2) is 41.0 Å². The summed E-state index contributed by atoms with van der Waals surface area (Å²) in [5, 5.41) is 3.34. The summed E-state index contributed by atoms with van der Waals surface area (Å²) in [5.41, 5.74) is 2.40. The predicted octanol–water partition coefficient (Wildman–Crippen LogP) is 3.99. The van der Waals surface area contributed by atoms with Crippen LogP contribution >= 0.6 is 15.9 Å². The Morgan fingerprint density at radius 2 is 2.16 bits per heavy atom. The van der Waals surface area contributed by atoms with Crippen LogP contribution in [-0.2, 0) is 0 Å². The molecule has 0 aliphatic carbocycles. The van der Waals surface area contributed by atoms with Crippen LogP contribution in [0.4, 0.5) is 4.39 Å². The minimum atomic E-state index is -0.188. The molecule has 1 heterocycles. The van der Waals surface area contributed by atoms with Crippen molar-refractivity contribution in [1.29, 1.82) is 0 Å². The Balaban J connectivity index is 2.45. The second-order valence-electron chi connectivity index (χ2n) is 4.37. The fraction of sp³-hybridized carbons (Fsp3) is 0.267. The highest BCUT2D eigenvalue weighted by molar-refractivity contribution is 9.10. The molecule has 0 saturated carbocycles. The molecule has 0 bridgehead atoms. The first kappa shape index (κ1) is 14.2. The van der Waals surface area contributed by atoms with Crippen LogP contribution in [-0.4, -0.2) is 11.5 Å². The number of rotatable bonds is 4. The van der Waals surface area contributed by atoms with Gasteiger partial charge in [-0.3, -0.25) is 4.98 Å². The van der Waals surface area contributed by atoms with Crippen molar-refractivity contribution in [3.8, 4) is 0 Å². The number of nitrogens with one attached hydrogen (secondary N) is 1. The standard InChI is InChI=1S/C15H16BrFN2/c1-3-18-14(15-12(16)5-4-8-19-15)11-7-6-10(2)13(17)9-11/h4-9,14,18H,3H2,1-2H3. The molecule has 1 unspecified atom stereocenters. The van der Waals surface area contributed by atoms with Gasteiger partial charge in [-0.2, -0.15) is 0 Å². The third-order valence-corrected chi connectivity index (χ3v) is 3.67. The molecule has 0 radical (unpaired) electrons. The minimum Gasteiger partial charge on any atom is -0.305 e. The Morgan fingerprint density at radius 3 is 2.79 bits per heavy atom. The number of pyridine rings is 1. The molecule has 0 spiro atoms. The van der Waals surface area contributed by atoms with Crippen LogP contribution in [0.3, 0.4) is 0 Å². The summed E-state index contributed by atoms with van der Waals surface area (Å²) in [6.45, 7) is 4.57. The molecular weight excluding hydrogens is 307 g/mol. The summed E-state index contributed by atoms with van der Waals surface area (Å²) in [6, 6.07) is 9.00. The van der Waals surface area contributed by atoms with Gasteiger partial charge in [0.25, 0.3) is 0 Å². The van der Waals surface area contributed by atoms with Crippen molar-refractivity contribution in [3.63, 3.8) is 0 Å². The van der Waals surface area contributed by atoms with E-state index in [1.54, 1.807) is 25.3 Å². The lowest BCUT2D eigenvalue weighted by atomic mass is 10.0. The van der Waals surface area contributed by atoms with Crippen molar-refractivity contribution in [2.75, 3.05) is 6.54 Å². The fourth-order valence-corrected chi connectivity index (χ4v) is 2.46. The van der Waals surface area contributed by atoms with Gasteiger partial charge in [0.2, 0.25) is 0 Å². The highest BCUT2D eigenvalue weighted by Crippen LogP contribution is 2.27. The molecule has 0 amide bonds. The van der Waals surface area contributed by atoms with Crippen LogP contribution in [0.5, 0.6) is 0 Å². The van der Waals surface area contributed by atoms with Crippen LogP contribution in [0.25, 0.3) is 0 Å². The van der Waals surface area contributed by atoms with E-state index in [-0.39, 0.29) is 11.9 Å². The first-order valence-electron chi connectivity index (χ1n) is 6.23. The molecule has 1 atom stereocenters. The Morgan fingerprint density at radius 1 is 1.37 bits per heavy atom. The molecule has 0 aliphatic heterocycles. The number of halogens is 2. The lowest BCUT2D eigenvalue weighted by Crippen LogP contribution is -2.23. The van der Waals surface area contributed by atoms with Gasteiger partial charge >= 0.3 is 0 Å². The molecule has 1 N–H and O–H groups in total. The van der Waals surface area contributed by atoms with E-state index in [2.05, 4.69) is 26.2 Å². The average molecular weight is 323 g/mol. The minimum absolute atomic E-state index is 0.115. The van der Waals surface area contributed by atoms with Crippen molar-refractivity contribution < 1.29 is 4.39 Å². The number of aryl methyl sites for hydroxylation is 1. The molecule has 100 valence electrons. The number of aromatic nitrogens is 1. The lowest BCUT2D eigenvalue weighted by Gasteiger charge is -2.19. The Labute approximate surface area is 121 Å². The SMILES string of the molecule is CCNC(c1ccc(C)c(F)c1)c1ncccc1Br. The van der Waals surface area contributed by atoms with Gasteiger partial charge in [0.15, 0.2) is 0 Å². The molecule has 4 heteroatoms. The molecule has 0 aliphatic rings. The van der Waals surface area contributed by atoms with E-state index in [1.807, 2.05) is 25.1 Å². The first-order chi connectivity index (χ1) is 9.13. The molecule has 2 nitrogen and oxygen atoms in total. The second-order valence-corrected chi connectivity index (χ2v) is 5.22. The van der Waals surface area contributed by atoms with Crippen molar-refractivity contribution in [2.24, 2.45) is 0 Å². The van der Waals surface area contributed by atoms with Crippen molar-refractivity contribution in [1.82, 2.24) is 10.3 Å². The molecule has 1 aromatic carbocycles. The highest BCUT2D eigenvalue weighted by Gasteiger charge is 2.17. The Bertz CT molecular complexity index is 572. The van der Waals surface area contributed by atoms with Crippen molar-refractivity contribution in [3.05, 3.63) is 63.6 Å². The molecule has 2 rings (SSSR count). The molecule has 0 fully saturated rings. The lowest BCUT2D eigenvalue weighted by molar-refractivity contribution is 0.589. The van der Waals surface area contributed by atoms with Crippen LogP contribution < -0.4 is 5.32 Å². The van der Waals surface area contributed by atoms with Gasteiger partial charge in [0.1, 0.15) is 5.82 Å². The molecule has 2 aromatic rings. The summed E-state index contributed by atoms with van der Waals surface area (Å²) >= 11 is 3.50. The van der Waals surface area contributed by atoms with Gasteiger partial charge in [-0.25, -0.2) is 4.39 Å². The van der Waals surface area contributed by atoms with Gasteiger partial charge in [0.05, 0.1) is 11.7 Å². The number of hydrogen-bond acceptors (Lipinski definition) is 2. The van der Waals surface area contributed by atoms with E-state index in [0.29, 0.717) is 5.56 Å². The number of hydrogen-bond donors (Lipinski definition) is 1. The zero-order chi connectivity index (χ0) is 13.8. The van der Waals surface area contributed by atoms with Crippen LogP contribution in [0, 0.1) is 12.7 Å². The number of nitrogens with zero attached hydrogens (tertiary/aromatic N) is 1. The van der Waals surface area contributed by atoms with E-state index < -0.39 is 0 Å². The summed E-state index contributed by atoms with van der Waals surface area (Å²) in [6.07, 6.45) is 1.75. The van der Waals surface area contributed by atoms with Gasteiger partial charge in [0, 0.05) is 10.7 Å². The third-order valence-electron chi connectivity index (χ3n) is 3.00. The maximum absolute atomic E-state index is 13.7. The molecule has 19 heavy (non-hydrogen) atoms. The van der Waals surface area contributed by atoms with E-state index >= 15 is 0 Å². The van der Waals surface area contributed by atoms with Gasteiger partial charge in [-0.15, -0.1) is 0 Å².